The van der Waals surface area contributed by atoms with Crippen LogP contribution >= 0.6 is 26.9 Å². The Morgan fingerprint density at radius 3 is 2.18 bits per heavy atom. The molecule has 1 aliphatic rings. The van der Waals surface area contributed by atoms with Crippen LogP contribution in [0.5, 0.6) is 0 Å². The van der Waals surface area contributed by atoms with E-state index in [0.29, 0.717) is 6.61 Å². The van der Waals surface area contributed by atoms with Gasteiger partial charge >= 0.3 is 73.4 Å². The second-order valence-electron chi connectivity index (χ2n) is 2.03. The molecule has 3 nitrogen and oxygen atoms in total. The van der Waals surface area contributed by atoms with Gasteiger partial charge in [0.15, 0.2) is 0 Å². The Morgan fingerprint density at radius 2 is 2.00 bits per heavy atom. The van der Waals surface area contributed by atoms with Gasteiger partial charge in [-0.1, -0.05) is 0 Å². The van der Waals surface area contributed by atoms with Gasteiger partial charge in [0.05, 0.1) is 0 Å². The van der Waals surface area contributed by atoms with Gasteiger partial charge in [0.1, 0.15) is 0 Å². The average Bonchev–Trinajstić information content (AvgIpc) is 2.05. The number of hydrogen-bond donors (Lipinski definition) is 1. The summed E-state index contributed by atoms with van der Waals surface area (Å²) in [5.74, 6) is 0. The van der Waals surface area contributed by atoms with E-state index >= 15 is 0 Å². The fourth-order valence-electron chi connectivity index (χ4n) is 0.632. The topological polar surface area (TPSA) is 53.5 Å². The van der Waals surface area contributed by atoms with Gasteiger partial charge in [0, 0.05) is 0 Å². The van der Waals surface area contributed by atoms with Crippen LogP contribution in [0.25, 0.3) is 0 Å². The van der Waals surface area contributed by atoms with E-state index in [4.69, 9.17) is 33.1 Å². The summed E-state index contributed by atoms with van der Waals surface area (Å²) in [5, 5.41) is 0. The maximum Gasteiger partial charge on any atom is -0.344 e. The third-order valence-corrected chi connectivity index (χ3v) is 7.48. The van der Waals surface area contributed by atoms with Gasteiger partial charge < -0.3 is 6.15 Å². The first-order valence-corrected chi connectivity index (χ1v) is 13.6. The van der Waals surface area contributed by atoms with Crippen molar-refractivity contribution in [3.8, 4) is 0 Å². The predicted octanol–water partition coefficient (Wildman–Crippen LogP) is 2.58. The largest absolute Gasteiger partial charge is 0.344 e. The summed E-state index contributed by atoms with van der Waals surface area (Å²) in [6.45, 7) is 2.39. The summed E-state index contributed by atoms with van der Waals surface area (Å²) >= 11 is -4.31. The summed E-state index contributed by atoms with van der Waals surface area (Å²) < 4.78 is 10.2. The van der Waals surface area contributed by atoms with Crippen LogP contribution < -0.4 is 6.15 Å². The Labute approximate surface area is 79.1 Å². The number of rotatable bonds is 1. The normalized spacial score (nSPS) is 36.7. The van der Waals surface area contributed by atoms with Crippen LogP contribution in [-0.2, 0) is 6.20 Å². The molecule has 71 valence electrons. The number of halogens is 3. The van der Waals surface area contributed by atoms with E-state index in [-0.39, 0.29) is 12.3 Å². The summed E-state index contributed by atoms with van der Waals surface area (Å²) in [6.07, 6.45) is 0.803. The van der Waals surface area contributed by atoms with E-state index in [1.54, 1.807) is 0 Å². The van der Waals surface area contributed by atoms with Crippen LogP contribution in [0.1, 0.15) is 13.3 Å². The first-order chi connectivity index (χ1) is 4.41. The molecule has 0 aliphatic carbocycles. The molecular weight excluding hydrogens is 328 g/mol. The third-order valence-electron chi connectivity index (χ3n) is 1.18. The summed E-state index contributed by atoms with van der Waals surface area (Å²) in [7, 11) is 17.0. The smallest absolute Gasteiger partial charge is 0.344 e. The summed E-state index contributed by atoms with van der Waals surface area (Å²) in [5.41, 5.74) is 0. The van der Waals surface area contributed by atoms with E-state index in [2.05, 4.69) is 0 Å². The van der Waals surface area contributed by atoms with Crippen molar-refractivity contribution in [2.75, 3.05) is 6.61 Å². The fraction of sp³-hybridized carbons (Fsp3) is 1.00. The molecule has 0 bridgehead atoms. The first kappa shape index (κ1) is 12.5. The van der Waals surface area contributed by atoms with E-state index in [0.717, 1.165) is 6.42 Å². The van der Waals surface area contributed by atoms with Gasteiger partial charge in [-0.25, -0.2) is 0 Å². The molecule has 1 fully saturated rings. The van der Waals surface area contributed by atoms with E-state index in [1.807, 2.05) is 6.92 Å². The van der Waals surface area contributed by atoms with E-state index in [9.17, 15) is 0 Å². The van der Waals surface area contributed by atoms with Crippen molar-refractivity contribution in [3.05, 3.63) is 0 Å². The molecule has 0 amide bonds. The van der Waals surface area contributed by atoms with Gasteiger partial charge in [-0.05, 0) is 0 Å². The molecule has 0 aromatic heterocycles. The van der Waals surface area contributed by atoms with Gasteiger partial charge in [0.25, 0.3) is 0 Å². The Morgan fingerprint density at radius 1 is 1.45 bits per heavy atom. The molecular formula is C4H11Cl3NO2Te. The SMILES string of the molecule is CCC1CO[Te](Cl)(Cl)(Cl)O1.N. The molecule has 1 unspecified atom stereocenters. The van der Waals surface area contributed by atoms with Crippen molar-refractivity contribution in [1.29, 1.82) is 0 Å². The Kier molecular flexibility index (Phi) is 4.25. The minimum Gasteiger partial charge on any atom is -0.344 e. The molecule has 1 rings (SSSR count). The van der Waals surface area contributed by atoms with Crippen LogP contribution in [0.15, 0.2) is 0 Å². The molecule has 0 saturated carbocycles. The zero-order valence-electron chi connectivity index (χ0n) is 6.06. The summed E-state index contributed by atoms with van der Waals surface area (Å²) in [6, 6.07) is 0. The molecule has 0 aromatic rings. The van der Waals surface area contributed by atoms with Gasteiger partial charge in [-0.15, -0.1) is 0 Å². The zero-order chi connectivity index (χ0) is 7.85. The van der Waals surface area contributed by atoms with Crippen molar-refractivity contribution >= 4 is 41.2 Å². The van der Waals surface area contributed by atoms with E-state index in [1.165, 1.54) is 0 Å². The second kappa shape index (κ2) is 3.73. The number of hydrogen-bond acceptors (Lipinski definition) is 3. The maximum absolute atomic E-state index is 5.68. The molecule has 0 spiro atoms. The van der Waals surface area contributed by atoms with Gasteiger partial charge in [-0.3, -0.25) is 0 Å². The summed E-state index contributed by atoms with van der Waals surface area (Å²) in [4.78, 5) is 0. The fourth-order valence-corrected chi connectivity index (χ4v) is 6.67. The Balaban J connectivity index is 0.000001000. The quantitative estimate of drug-likeness (QED) is 0.747. The molecule has 3 N–H and O–H groups in total. The van der Waals surface area contributed by atoms with E-state index < -0.39 is 14.3 Å². The van der Waals surface area contributed by atoms with Gasteiger partial charge in [-0.2, -0.15) is 0 Å². The first-order valence-electron chi connectivity index (χ1n) is 2.84. The molecule has 1 atom stereocenters. The van der Waals surface area contributed by atoms with Crippen LogP contribution in [-0.4, -0.2) is 27.0 Å². The van der Waals surface area contributed by atoms with Crippen molar-refractivity contribution in [1.82, 2.24) is 6.15 Å². The monoisotopic (exact) mass is 340 g/mol. The van der Waals surface area contributed by atoms with Crippen LogP contribution in [0.4, 0.5) is 0 Å². The molecule has 11 heavy (non-hydrogen) atoms. The van der Waals surface area contributed by atoms with Crippen molar-refractivity contribution < 1.29 is 6.20 Å². The minimum absolute atomic E-state index is 0. The minimum atomic E-state index is -4.31. The average molecular weight is 339 g/mol. The third kappa shape index (κ3) is 3.84. The molecule has 1 aliphatic heterocycles. The van der Waals surface area contributed by atoms with Crippen molar-refractivity contribution in [2.45, 2.75) is 19.4 Å². The maximum atomic E-state index is 5.68. The van der Waals surface area contributed by atoms with Gasteiger partial charge in [0.2, 0.25) is 0 Å². The Hall–Kier alpha value is 1.54. The standard InChI is InChI=1S/C4H8Cl3O2Te.H3N/c1-2-4-3-8-10(5,6,7)9-4;/h4H,2-3H2,1H3;1H3. The van der Waals surface area contributed by atoms with Crippen LogP contribution in [0.2, 0.25) is 0 Å². The zero-order valence-corrected chi connectivity index (χ0v) is 10.7. The molecule has 1 radical (unpaired) electrons. The Bertz CT molecular complexity index is 148. The molecule has 7 heteroatoms. The van der Waals surface area contributed by atoms with Crippen LogP contribution in [0, 0.1) is 0 Å². The molecule has 1 heterocycles. The predicted molar refractivity (Wildman–Crippen MR) is 49.5 cm³/mol. The van der Waals surface area contributed by atoms with Crippen LogP contribution in [0.3, 0.4) is 0 Å². The van der Waals surface area contributed by atoms with Crippen molar-refractivity contribution in [2.24, 2.45) is 0 Å². The molecule has 0 aromatic carbocycles. The molecule has 1 saturated heterocycles. The second-order valence-corrected chi connectivity index (χ2v) is 21.3. The van der Waals surface area contributed by atoms with Crippen molar-refractivity contribution in [3.63, 3.8) is 0 Å².